The van der Waals surface area contributed by atoms with Gasteiger partial charge >= 0.3 is 0 Å². The van der Waals surface area contributed by atoms with Crippen LogP contribution in [0.1, 0.15) is 36.6 Å². The summed E-state index contributed by atoms with van der Waals surface area (Å²) in [7, 11) is 0. The Hall–Kier alpha value is -1.32. The van der Waals surface area contributed by atoms with Gasteiger partial charge in [0.05, 0.1) is 6.20 Å². The van der Waals surface area contributed by atoms with Crippen molar-refractivity contribution in [2.75, 3.05) is 6.54 Å². The van der Waals surface area contributed by atoms with Gasteiger partial charge in [-0.15, -0.1) is 0 Å². The van der Waals surface area contributed by atoms with E-state index in [1.807, 2.05) is 16.9 Å². The normalized spacial score (nSPS) is 12.6. The summed E-state index contributed by atoms with van der Waals surface area (Å²) in [4.78, 5) is 0. The first-order chi connectivity index (χ1) is 9.63. The third-order valence-electron chi connectivity index (χ3n) is 3.43. The van der Waals surface area contributed by atoms with Crippen LogP contribution in [0.25, 0.3) is 0 Å². The lowest BCUT2D eigenvalue weighted by atomic mass is 9.99. The van der Waals surface area contributed by atoms with Crippen molar-refractivity contribution >= 4 is 11.6 Å². The Labute approximate surface area is 126 Å². The second-order valence-corrected chi connectivity index (χ2v) is 5.45. The molecule has 20 heavy (non-hydrogen) atoms. The smallest absolute Gasteiger partial charge is 0.0522 e. The van der Waals surface area contributed by atoms with Crippen LogP contribution in [0.15, 0.2) is 30.6 Å². The molecule has 4 heteroatoms. The second-order valence-electron chi connectivity index (χ2n) is 5.04. The Morgan fingerprint density at radius 3 is 2.75 bits per heavy atom. The average molecular weight is 292 g/mol. The topological polar surface area (TPSA) is 29.9 Å². The number of benzene rings is 1. The van der Waals surface area contributed by atoms with Crippen molar-refractivity contribution in [3.63, 3.8) is 0 Å². The lowest BCUT2D eigenvalue weighted by Gasteiger charge is -2.19. The molecule has 0 saturated heterocycles. The van der Waals surface area contributed by atoms with Gasteiger partial charge in [-0.05, 0) is 49.6 Å². The Morgan fingerprint density at radius 1 is 1.35 bits per heavy atom. The summed E-state index contributed by atoms with van der Waals surface area (Å²) in [5.41, 5.74) is 3.57. The molecule has 1 heterocycles. The van der Waals surface area contributed by atoms with Crippen LogP contribution >= 0.6 is 11.6 Å². The van der Waals surface area contributed by atoms with Crippen LogP contribution in [0.3, 0.4) is 0 Å². The number of hydrogen-bond donors (Lipinski definition) is 1. The molecule has 0 aliphatic rings. The lowest BCUT2D eigenvalue weighted by Crippen LogP contribution is -2.23. The highest BCUT2D eigenvalue weighted by molar-refractivity contribution is 6.31. The van der Waals surface area contributed by atoms with Crippen LogP contribution in [0.2, 0.25) is 5.02 Å². The third-order valence-corrected chi connectivity index (χ3v) is 3.76. The van der Waals surface area contributed by atoms with E-state index in [2.05, 4.69) is 49.5 Å². The van der Waals surface area contributed by atoms with Gasteiger partial charge in [0.25, 0.3) is 0 Å². The van der Waals surface area contributed by atoms with E-state index in [4.69, 9.17) is 11.6 Å². The van der Waals surface area contributed by atoms with Gasteiger partial charge in [-0.3, -0.25) is 4.68 Å². The molecule has 1 N–H and O–H groups in total. The number of nitrogens with zero attached hydrogens (tertiary/aromatic N) is 2. The largest absolute Gasteiger partial charge is 0.310 e. The molecule has 0 fully saturated rings. The van der Waals surface area contributed by atoms with Crippen LogP contribution in [0.5, 0.6) is 0 Å². The predicted molar refractivity (Wildman–Crippen MR) is 84.2 cm³/mol. The average Bonchev–Trinajstić information content (AvgIpc) is 2.86. The quantitative estimate of drug-likeness (QED) is 0.878. The van der Waals surface area contributed by atoms with E-state index in [0.29, 0.717) is 0 Å². The number of aryl methyl sites for hydroxylation is 2. The van der Waals surface area contributed by atoms with Gasteiger partial charge in [0.2, 0.25) is 0 Å². The van der Waals surface area contributed by atoms with E-state index in [1.54, 1.807) is 0 Å². The first kappa shape index (κ1) is 15.1. The van der Waals surface area contributed by atoms with Gasteiger partial charge in [0, 0.05) is 23.8 Å². The van der Waals surface area contributed by atoms with E-state index < -0.39 is 0 Å². The van der Waals surface area contributed by atoms with Crippen molar-refractivity contribution in [3.05, 3.63) is 52.3 Å². The van der Waals surface area contributed by atoms with Crippen molar-refractivity contribution in [1.29, 1.82) is 0 Å². The van der Waals surface area contributed by atoms with E-state index >= 15 is 0 Å². The number of halogens is 1. The molecule has 0 aliphatic carbocycles. The molecule has 0 spiro atoms. The summed E-state index contributed by atoms with van der Waals surface area (Å²) in [5, 5.41) is 8.68. The zero-order chi connectivity index (χ0) is 14.5. The molecule has 1 unspecified atom stereocenters. The minimum Gasteiger partial charge on any atom is -0.310 e. The molecule has 0 aliphatic heterocycles. The number of likely N-dealkylation sites (N-methyl/N-ethyl adjacent to an activating group) is 1. The Morgan fingerprint density at radius 2 is 2.15 bits per heavy atom. The maximum Gasteiger partial charge on any atom is 0.0522 e. The van der Waals surface area contributed by atoms with Crippen molar-refractivity contribution in [3.8, 4) is 0 Å². The first-order valence-electron chi connectivity index (χ1n) is 7.14. The number of nitrogens with one attached hydrogen (secondary N) is 1. The van der Waals surface area contributed by atoms with Gasteiger partial charge in [0.1, 0.15) is 0 Å². The standard InChI is InChI=1S/C16H22ClN3/c1-4-18-16(9-13-10-19-20(5-2)11-13)14-7-6-12(3)8-15(14)17/h6-8,10-11,16,18H,4-5,9H2,1-3H3. The van der Waals surface area contributed by atoms with Gasteiger partial charge in [-0.1, -0.05) is 30.7 Å². The van der Waals surface area contributed by atoms with Crippen LogP contribution in [0.4, 0.5) is 0 Å². The van der Waals surface area contributed by atoms with Crippen LogP contribution < -0.4 is 5.32 Å². The van der Waals surface area contributed by atoms with E-state index in [1.165, 1.54) is 11.1 Å². The third kappa shape index (κ3) is 3.62. The molecule has 3 nitrogen and oxygen atoms in total. The number of aromatic nitrogens is 2. The molecular weight excluding hydrogens is 270 g/mol. The zero-order valence-electron chi connectivity index (χ0n) is 12.4. The van der Waals surface area contributed by atoms with Crippen LogP contribution in [-0.4, -0.2) is 16.3 Å². The lowest BCUT2D eigenvalue weighted by molar-refractivity contribution is 0.549. The summed E-state index contributed by atoms with van der Waals surface area (Å²) < 4.78 is 1.95. The zero-order valence-corrected chi connectivity index (χ0v) is 13.1. The van der Waals surface area contributed by atoms with Crippen LogP contribution in [0, 0.1) is 6.92 Å². The summed E-state index contributed by atoms with van der Waals surface area (Å²) >= 11 is 6.40. The van der Waals surface area contributed by atoms with Crippen molar-refractivity contribution in [2.45, 2.75) is 39.8 Å². The molecule has 1 aromatic heterocycles. The van der Waals surface area contributed by atoms with Gasteiger partial charge in [-0.25, -0.2) is 0 Å². The number of rotatable bonds is 6. The van der Waals surface area contributed by atoms with E-state index in [0.717, 1.165) is 30.1 Å². The summed E-state index contributed by atoms with van der Waals surface area (Å²) in [6.07, 6.45) is 4.94. The van der Waals surface area contributed by atoms with E-state index in [-0.39, 0.29) is 6.04 Å². The fourth-order valence-corrected chi connectivity index (χ4v) is 2.74. The fraction of sp³-hybridized carbons (Fsp3) is 0.438. The van der Waals surface area contributed by atoms with Crippen molar-refractivity contribution in [1.82, 2.24) is 15.1 Å². The Balaban J connectivity index is 2.21. The summed E-state index contributed by atoms with van der Waals surface area (Å²) in [6, 6.07) is 6.48. The fourth-order valence-electron chi connectivity index (χ4n) is 2.37. The molecule has 108 valence electrons. The van der Waals surface area contributed by atoms with Crippen molar-refractivity contribution < 1.29 is 0 Å². The molecule has 0 amide bonds. The summed E-state index contributed by atoms with van der Waals surface area (Å²) in [5.74, 6) is 0. The molecule has 2 aromatic rings. The molecular formula is C16H22ClN3. The SMILES string of the molecule is CCNC(Cc1cnn(CC)c1)c1ccc(C)cc1Cl. The number of hydrogen-bond acceptors (Lipinski definition) is 2. The Bertz CT molecular complexity index is 563. The Kier molecular flexibility index (Phi) is 5.21. The minimum absolute atomic E-state index is 0.225. The van der Waals surface area contributed by atoms with Gasteiger partial charge in [-0.2, -0.15) is 5.10 Å². The second kappa shape index (κ2) is 6.91. The van der Waals surface area contributed by atoms with Gasteiger partial charge in [0.15, 0.2) is 0 Å². The highest BCUT2D eigenvalue weighted by Gasteiger charge is 2.15. The van der Waals surface area contributed by atoms with Crippen molar-refractivity contribution in [2.24, 2.45) is 0 Å². The molecule has 1 atom stereocenters. The first-order valence-corrected chi connectivity index (χ1v) is 7.52. The predicted octanol–water partition coefficient (Wildman–Crippen LogP) is 3.76. The van der Waals surface area contributed by atoms with E-state index in [9.17, 15) is 0 Å². The molecule has 2 rings (SSSR count). The van der Waals surface area contributed by atoms with Crippen LogP contribution in [-0.2, 0) is 13.0 Å². The molecule has 0 radical (unpaired) electrons. The maximum atomic E-state index is 6.40. The molecule has 0 saturated carbocycles. The molecule has 1 aromatic carbocycles. The maximum absolute atomic E-state index is 6.40. The molecule has 0 bridgehead atoms. The highest BCUT2D eigenvalue weighted by atomic mass is 35.5. The van der Waals surface area contributed by atoms with Gasteiger partial charge < -0.3 is 5.32 Å². The minimum atomic E-state index is 0.225. The highest BCUT2D eigenvalue weighted by Crippen LogP contribution is 2.26. The monoisotopic (exact) mass is 291 g/mol. The summed E-state index contributed by atoms with van der Waals surface area (Å²) in [6.45, 7) is 8.08.